The minimum absolute atomic E-state index is 0.0560. The first-order valence-corrected chi connectivity index (χ1v) is 8.60. The Kier molecular flexibility index (Phi) is 10.9. The van der Waals surface area contributed by atoms with Gasteiger partial charge in [-0.15, -0.1) is 0 Å². The Morgan fingerprint density at radius 1 is 1.13 bits per heavy atom. The predicted octanol–water partition coefficient (Wildman–Crippen LogP) is 2.91. The van der Waals surface area contributed by atoms with E-state index in [1.807, 2.05) is 0 Å². The van der Waals surface area contributed by atoms with Crippen molar-refractivity contribution in [2.24, 2.45) is 10.9 Å². The largest absolute Gasteiger partial charge is 0.478 e. The number of ether oxygens (including phenoxy) is 1. The lowest BCUT2D eigenvalue weighted by Crippen LogP contribution is -2.09. The van der Waals surface area contributed by atoms with E-state index in [-0.39, 0.29) is 19.8 Å². The highest BCUT2D eigenvalue weighted by Crippen LogP contribution is 2.29. The van der Waals surface area contributed by atoms with E-state index in [0.717, 1.165) is 12.1 Å². The average molecular weight is 438 g/mol. The molecule has 4 N–H and O–H groups in total. The number of carboxylic acid groups (broad SMARTS) is 2. The molecule has 0 aromatic heterocycles. The van der Waals surface area contributed by atoms with E-state index in [1.165, 1.54) is 12.1 Å². The van der Waals surface area contributed by atoms with Gasteiger partial charge in [0.2, 0.25) is 0 Å². The molecule has 1 rings (SSSR count). The van der Waals surface area contributed by atoms with Crippen molar-refractivity contribution in [2.45, 2.75) is 25.4 Å². The summed E-state index contributed by atoms with van der Waals surface area (Å²) < 4.78 is 63.3. The Hall–Kier alpha value is -2.92. The van der Waals surface area contributed by atoms with Gasteiger partial charge in [-0.05, 0) is 37.0 Å². The van der Waals surface area contributed by atoms with Gasteiger partial charge in [0.25, 0.3) is 0 Å². The Labute approximate surface area is 176 Å². The molecule has 0 bridgehead atoms. The van der Waals surface area contributed by atoms with Crippen molar-refractivity contribution < 1.29 is 46.7 Å². The first kappa shape index (κ1) is 21.8. The fourth-order valence-electron chi connectivity index (χ4n) is 1.88. The van der Waals surface area contributed by atoms with Gasteiger partial charge < -0.3 is 25.5 Å². The van der Waals surface area contributed by atoms with E-state index in [9.17, 15) is 22.8 Å². The van der Waals surface area contributed by atoms with Crippen LogP contribution in [0.3, 0.4) is 0 Å². The number of hydrogen-bond donors (Lipinski definition) is 3. The number of carboxylic acids is 2. The predicted molar refractivity (Wildman–Crippen MR) is 103 cm³/mol. The van der Waals surface area contributed by atoms with Crippen molar-refractivity contribution in [1.29, 1.82) is 0 Å². The lowest BCUT2D eigenvalue weighted by molar-refractivity contribution is -0.137. The van der Waals surface area contributed by atoms with E-state index in [1.54, 1.807) is 0 Å². The van der Waals surface area contributed by atoms with E-state index >= 15 is 0 Å². The number of halogens is 3. The van der Waals surface area contributed by atoms with Crippen LogP contribution in [0.4, 0.5) is 13.2 Å². The summed E-state index contributed by atoms with van der Waals surface area (Å²) in [6.07, 6.45) is -1.87. The van der Waals surface area contributed by atoms with Crippen molar-refractivity contribution >= 4 is 17.7 Å². The fourth-order valence-corrected chi connectivity index (χ4v) is 1.88. The van der Waals surface area contributed by atoms with Gasteiger partial charge in [0.15, 0.2) is 0 Å². The molecule has 8 nitrogen and oxygen atoms in total. The molecule has 0 saturated carbocycles. The van der Waals surface area contributed by atoms with Crippen LogP contribution in [0.2, 0.25) is 0 Å². The zero-order valence-corrected chi connectivity index (χ0v) is 15.9. The molecule has 0 amide bonds. The number of alkyl halides is 3. The molecule has 0 spiro atoms. The number of carbonyl (C=O) groups is 2. The highest BCUT2D eigenvalue weighted by atomic mass is 19.4. The van der Waals surface area contributed by atoms with Crippen LogP contribution >= 0.6 is 0 Å². The number of rotatable bonds is 11. The van der Waals surface area contributed by atoms with Crippen LogP contribution in [0.15, 0.2) is 41.6 Å². The lowest BCUT2D eigenvalue weighted by Gasteiger charge is -2.10. The second-order valence-electron chi connectivity index (χ2n) is 5.55. The van der Waals surface area contributed by atoms with E-state index in [2.05, 4.69) is 9.89 Å². The number of aliphatic carboxylic acids is 2. The third-order valence-corrected chi connectivity index (χ3v) is 3.21. The summed E-state index contributed by atoms with van der Waals surface area (Å²) in [6, 6.07) is 4.61. The van der Waals surface area contributed by atoms with Crippen LogP contribution < -0.4 is 5.73 Å². The number of nitrogens with zero attached hydrogens (tertiary/aromatic N) is 1. The topological polar surface area (TPSA) is 131 Å². The number of nitrogens with two attached hydrogens (primary N) is 1. The van der Waals surface area contributed by atoms with Gasteiger partial charge in [-0.3, -0.25) is 0 Å². The van der Waals surface area contributed by atoms with Gasteiger partial charge in [0.1, 0.15) is 6.61 Å². The average Bonchev–Trinajstić information content (AvgIpc) is 2.70. The maximum Gasteiger partial charge on any atom is 0.416 e. The molecule has 0 atom stereocenters. The Balaban J connectivity index is 0.00000109. The van der Waals surface area contributed by atoms with Crippen LogP contribution in [0.5, 0.6) is 0 Å². The molecule has 1 aromatic rings. The Morgan fingerprint density at radius 2 is 1.73 bits per heavy atom. The number of oxime groups is 1. The molecule has 0 aliphatic heterocycles. The highest BCUT2D eigenvalue weighted by Gasteiger charge is 2.30. The molecule has 0 radical (unpaired) electrons. The van der Waals surface area contributed by atoms with Gasteiger partial charge >= 0.3 is 18.1 Å². The zero-order chi connectivity index (χ0) is 25.5. The Bertz CT molecular complexity index is 781. The van der Waals surface area contributed by atoms with Gasteiger partial charge in [-0.25, -0.2) is 9.59 Å². The second-order valence-corrected chi connectivity index (χ2v) is 5.55. The molecule has 0 aliphatic carbocycles. The molecule has 0 unspecified atom stereocenters. The van der Waals surface area contributed by atoms with Gasteiger partial charge in [-0.2, -0.15) is 13.2 Å². The van der Waals surface area contributed by atoms with Crippen LogP contribution in [0.25, 0.3) is 0 Å². The first-order chi connectivity index (χ1) is 15.3. The molecule has 0 fully saturated rings. The fraction of sp³-hybridized carbons (Fsp3) is 0.421. The maximum absolute atomic E-state index is 12.6. The third-order valence-electron chi connectivity index (χ3n) is 3.21. The number of benzene rings is 1. The molecule has 1 aromatic carbocycles. The Morgan fingerprint density at radius 3 is 2.20 bits per heavy atom. The van der Waals surface area contributed by atoms with Crippen molar-refractivity contribution in [3.63, 3.8) is 0 Å². The van der Waals surface area contributed by atoms with Crippen molar-refractivity contribution in [3.05, 3.63) is 47.5 Å². The van der Waals surface area contributed by atoms with Crippen LogP contribution in [0, 0.1) is 0 Å². The number of methoxy groups -OCH3 is 1. The lowest BCUT2D eigenvalue weighted by atomic mass is 10.0. The highest BCUT2D eigenvalue weighted by molar-refractivity contribution is 6.00. The van der Waals surface area contributed by atoms with E-state index in [4.69, 9.17) is 24.9 Å². The maximum atomic E-state index is 12.6. The van der Waals surface area contributed by atoms with Crippen LogP contribution in [-0.4, -0.2) is 54.7 Å². The summed E-state index contributed by atoms with van der Waals surface area (Å²) in [4.78, 5) is 24.1. The van der Waals surface area contributed by atoms with Gasteiger partial charge in [-0.1, -0.05) is 17.3 Å². The smallest absolute Gasteiger partial charge is 0.416 e. The summed E-state index contributed by atoms with van der Waals surface area (Å²) in [5, 5.41) is 19.5. The van der Waals surface area contributed by atoms with E-state index < -0.39 is 30.7 Å². The molecule has 0 heterocycles. The summed E-state index contributed by atoms with van der Waals surface area (Å²) in [5.74, 6) is -2.51. The molecule has 30 heavy (non-hydrogen) atoms. The molecule has 11 heteroatoms. The van der Waals surface area contributed by atoms with Gasteiger partial charge in [0, 0.05) is 32.3 Å². The molecular weight excluding hydrogens is 410 g/mol. The number of hydrogen-bond acceptors (Lipinski definition) is 6. The summed E-state index contributed by atoms with van der Waals surface area (Å²) in [7, 11) is -2.44. The standard InChI is InChI=1S/C15H21F3N2O2.C4H4O4/c1-21-10-3-2-4-14(20-22-11-9-19)12-5-7-13(8-6-12)15(16,17)18;5-3(6)1-2-4(7)8/h5-8H,2-4,9-11,19H2,1H3;1-2H,(H,5,6)(H,7,8)/b20-14+;2-1-/i1+1D3;. The van der Waals surface area contributed by atoms with Crippen LogP contribution in [-0.2, 0) is 25.3 Å². The van der Waals surface area contributed by atoms with Crippen molar-refractivity contribution in [2.75, 3.05) is 26.8 Å². The summed E-state index contributed by atoms with van der Waals surface area (Å²) in [6.45, 7) is 0.503. The SMILES string of the molecule is O=C(O)/C=C\C(=O)O.[2H][13C]([2H])([2H])OCCCC/C(=N\OCCN)c1ccc(C(F)(F)F)cc1. The van der Waals surface area contributed by atoms with Crippen molar-refractivity contribution in [3.8, 4) is 0 Å². The first-order valence-electron chi connectivity index (χ1n) is 10.1. The van der Waals surface area contributed by atoms with Crippen LogP contribution in [0.1, 0.15) is 34.5 Å². The molecule has 168 valence electrons. The van der Waals surface area contributed by atoms with E-state index in [0.29, 0.717) is 42.7 Å². The van der Waals surface area contributed by atoms with Crippen molar-refractivity contribution in [1.82, 2.24) is 0 Å². The molecular formula is C19H25F3N2O6. The normalized spacial score (nSPS) is 13.6. The van der Waals surface area contributed by atoms with Gasteiger partial charge in [0.05, 0.1) is 15.4 Å². The monoisotopic (exact) mass is 438 g/mol. The molecule has 0 saturated heterocycles. The zero-order valence-electron chi connectivity index (χ0n) is 18.9. The third kappa shape index (κ3) is 13.3. The second kappa shape index (κ2) is 15.0. The molecule has 0 aliphatic rings. The number of unbranched alkanes of at least 4 members (excludes halogenated alkanes) is 1. The quantitative estimate of drug-likeness (QED) is 0.159. The minimum Gasteiger partial charge on any atom is -0.478 e. The summed E-state index contributed by atoms with van der Waals surface area (Å²) in [5.41, 5.74) is 5.54. The summed E-state index contributed by atoms with van der Waals surface area (Å²) >= 11 is 0. The minimum atomic E-state index is -4.40.